The molecule has 0 N–H and O–H groups in total. The van der Waals surface area contributed by atoms with Crippen molar-refractivity contribution < 1.29 is 17.4 Å². The minimum absolute atomic E-state index is 0. The predicted molar refractivity (Wildman–Crippen MR) is 60.3 cm³/mol. The van der Waals surface area contributed by atoms with Gasteiger partial charge in [-0.05, 0) is 24.0 Å². The molecule has 2 rings (SSSR count). The molecule has 0 amide bonds. The van der Waals surface area contributed by atoms with E-state index in [0.29, 0.717) is 0 Å². The van der Waals surface area contributed by atoms with Gasteiger partial charge in [-0.15, -0.1) is 0 Å². The number of rotatable bonds is 3. The first-order valence-electron chi connectivity index (χ1n) is 5.03. The molecule has 15 heavy (non-hydrogen) atoms. The standard InChI is InChI=1S/C14H14.Cr/c1-3-7-13(8-4-1)11-12-14-9-5-2-6-10-14;/h1-10H,11-12H2;. The summed E-state index contributed by atoms with van der Waals surface area (Å²) in [6.45, 7) is 0. The van der Waals surface area contributed by atoms with E-state index >= 15 is 0 Å². The van der Waals surface area contributed by atoms with E-state index in [9.17, 15) is 0 Å². The Morgan fingerprint density at radius 3 is 1.20 bits per heavy atom. The minimum Gasteiger partial charge on any atom is -0.0622 e. The second-order valence-electron chi connectivity index (χ2n) is 3.47. The summed E-state index contributed by atoms with van der Waals surface area (Å²) in [4.78, 5) is 0. The van der Waals surface area contributed by atoms with Crippen LogP contribution in [0.4, 0.5) is 0 Å². The molecule has 0 aliphatic rings. The van der Waals surface area contributed by atoms with Crippen molar-refractivity contribution in [3.8, 4) is 0 Å². The van der Waals surface area contributed by atoms with Gasteiger partial charge in [-0.3, -0.25) is 0 Å². The van der Waals surface area contributed by atoms with Crippen LogP contribution in [0.1, 0.15) is 11.1 Å². The molecule has 0 saturated heterocycles. The van der Waals surface area contributed by atoms with Gasteiger partial charge in [0.1, 0.15) is 0 Å². The van der Waals surface area contributed by atoms with Crippen LogP contribution in [0.2, 0.25) is 0 Å². The zero-order valence-corrected chi connectivity index (χ0v) is 9.87. The average molecular weight is 234 g/mol. The maximum atomic E-state index is 2.18. The van der Waals surface area contributed by atoms with Crippen LogP contribution >= 0.6 is 0 Å². The van der Waals surface area contributed by atoms with Crippen LogP contribution < -0.4 is 0 Å². The zero-order valence-electron chi connectivity index (χ0n) is 8.60. The van der Waals surface area contributed by atoms with Crippen molar-refractivity contribution in [3.63, 3.8) is 0 Å². The third-order valence-electron chi connectivity index (χ3n) is 2.39. The number of hydrogen-bond donors (Lipinski definition) is 0. The maximum Gasteiger partial charge on any atom is 0 e. The molecule has 0 atom stereocenters. The van der Waals surface area contributed by atoms with Gasteiger partial charge in [-0.1, -0.05) is 60.7 Å². The van der Waals surface area contributed by atoms with Gasteiger partial charge in [0.15, 0.2) is 0 Å². The van der Waals surface area contributed by atoms with Gasteiger partial charge in [-0.2, -0.15) is 0 Å². The SMILES string of the molecule is [Cr].c1ccc(CCc2ccccc2)cc1. The van der Waals surface area contributed by atoms with Gasteiger partial charge in [0, 0.05) is 17.4 Å². The van der Waals surface area contributed by atoms with Crippen LogP contribution in [0.5, 0.6) is 0 Å². The number of benzene rings is 2. The third kappa shape index (κ3) is 3.92. The molecule has 0 heterocycles. The second kappa shape index (κ2) is 6.46. The number of hydrogen-bond acceptors (Lipinski definition) is 0. The van der Waals surface area contributed by atoms with Crippen molar-refractivity contribution in [3.05, 3.63) is 71.8 Å². The summed E-state index contributed by atoms with van der Waals surface area (Å²) in [6, 6.07) is 21.2. The van der Waals surface area contributed by atoms with E-state index in [-0.39, 0.29) is 17.4 Å². The molecule has 0 unspecified atom stereocenters. The quantitative estimate of drug-likeness (QED) is 0.762. The van der Waals surface area contributed by atoms with E-state index in [0.717, 1.165) is 12.8 Å². The largest absolute Gasteiger partial charge is 0.0622 e. The first-order valence-corrected chi connectivity index (χ1v) is 5.03. The molecule has 2 aromatic carbocycles. The molecule has 2 aromatic rings. The van der Waals surface area contributed by atoms with Gasteiger partial charge in [0.25, 0.3) is 0 Å². The number of aryl methyl sites for hydroxylation is 2. The van der Waals surface area contributed by atoms with E-state index in [4.69, 9.17) is 0 Å². The summed E-state index contributed by atoms with van der Waals surface area (Å²) in [5.41, 5.74) is 2.83. The Morgan fingerprint density at radius 2 is 0.867 bits per heavy atom. The molecular weight excluding hydrogens is 220 g/mol. The van der Waals surface area contributed by atoms with Crippen LogP contribution in [0.15, 0.2) is 60.7 Å². The van der Waals surface area contributed by atoms with Crippen LogP contribution in [0, 0.1) is 0 Å². The van der Waals surface area contributed by atoms with Crippen LogP contribution in [0.25, 0.3) is 0 Å². The Balaban J connectivity index is 0.00000112. The molecule has 0 aliphatic carbocycles. The minimum atomic E-state index is 0. The van der Waals surface area contributed by atoms with Crippen LogP contribution in [0.3, 0.4) is 0 Å². The smallest absolute Gasteiger partial charge is 0 e. The fourth-order valence-corrected chi connectivity index (χ4v) is 1.58. The van der Waals surface area contributed by atoms with Gasteiger partial charge in [-0.25, -0.2) is 0 Å². The molecule has 0 saturated carbocycles. The van der Waals surface area contributed by atoms with Crippen molar-refractivity contribution >= 4 is 0 Å². The van der Waals surface area contributed by atoms with E-state index < -0.39 is 0 Å². The molecule has 0 aliphatic heterocycles. The summed E-state index contributed by atoms with van der Waals surface area (Å²) >= 11 is 0. The third-order valence-corrected chi connectivity index (χ3v) is 2.39. The molecular formula is C14H14Cr. The summed E-state index contributed by atoms with van der Waals surface area (Å²) < 4.78 is 0. The first-order chi connectivity index (χ1) is 6.95. The van der Waals surface area contributed by atoms with E-state index in [1.807, 2.05) is 0 Å². The monoisotopic (exact) mass is 234 g/mol. The molecule has 0 bridgehead atoms. The molecule has 1 heteroatoms. The van der Waals surface area contributed by atoms with E-state index in [1.165, 1.54) is 11.1 Å². The predicted octanol–water partition coefficient (Wildman–Crippen LogP) is 3.47. The summed E-state index contributed by atoms with van der Waals surface area (Å²) in [7, 11) is 0. The van der Waals surface area contributed by atoms with Gasteiger partial charge in [0.2, 0.25) is 0 Å². The van der Waals surface area contributed by atoms with E-state index in [2.05, 4.69) is 60.7 Å². The molecule has 0 spiro atoms. The van der Waals surface area contributed by atoms with Crippen molar-refractivity contribution in [1.82, 2.24) is 0 Å². The van der Waals surface area contributed by atoms with Crippen LogP contribution in [-0.2, 0) is 30.2 Å². The fraction of sp³-hybridized carbons (Fsp3) is 0.143. The maximum absolute atomic E-state index is 2.18. The fourth-order valence-electron chi connectivity index (χ4n) is 1.58. The van der Waals surface area contributed by atoms with Crippen LogP contribution in [-0.4, -0.2) is 0 Å². The topological polar surface area (TPSA) is 0 Å². The molecule has 0 aromatic heterocycles. The molecule has 0 nitrogen and oxygen atoms in total. The van der Waals surface area contributed by atoms with Gasteiger partial charge < -0.3 is 0 Å². The Morgan fingerprint density at radius 1 is 0.533 bits per heavy atom. The average Bonchev–Trinajstić information content (AvgIpc) is 2.29. The second-order valence-corrected chi connectivity index (χ2v) is 3.47. The zero-order chi connectivity index (χ0) is 9.64. The molecule has 0 fully saturated rings. The Kier molecular flexibility index (Phi) is 5.18. The van der Waals surface area contributed by atoms with Crippen molar-refractivity contribution in [2.75, 3.05) is 0 Å². The summed E-state index contributed by atoms with van der Waals surface area (Å²) in [5, 5.41) is 0. The van der Waals surface area contributed by atoms with Crippen molar-refractivity contribution in [1.29, 1.82) is 0 Å². The van der Waals surface area contributed by atoms with Gasteiger partial charge in [0.05, 0.1) is 0 Å². The van der Waals surface area contributed by atoms with E-state index in [1.54, 1.807) is 0 Å². The summed E-state index contributed by atoms with van der Waals surface area (Å²) in [5.74, 6) is 0. The Bertz CT molecular complexity index is 328. The molecule has 0 radical (unpaired) electrons. The molecule has 76 valence electrons. The summed E-state index contributed by atoms with van der Waals surface area (Å²) in [6.07, 6.45) is 2.26. The normalized spacial score (nSPS) is 9.33. The Hall–Kier alpha value is -1.03. The van der Waals surface area contributed by atoms with Crippen molar-refractivity contribution in [2.45, 2.75) is 12.8 Å². The Labute approximate surface area is 102 Å². The van der Waals surface area contributed by atoms with Crippen molar-refractivity contribution in [2.24, 2.45) is 0 Å². The van der Waals surface area contributed by atoms with Gasteiger partial charge >= 0.3 is 0 Å². The first kappa shape index (κ1) is 12.0.